The molecule has 4 heteroatoms. The third-order valence-electron chi connectivity index (χ3n) is 2.81. The average Bonchev–Trinajstić information content (AvgIpc) is 2.62. The lowest BCUT2D eigenvalue weighted by atomic mass is 10.0. The van der Waals surface area contributed by atoms with Crippen LogP contribution in [0.4, 0.5) is 4.79 Å². The summed E-state index contributed by atoms with van der Waals surface area (Å²) >= 11 is 0. The van der Waals surface area contributed by atoms with E-state index in [0.29, 0.717) is 12.5 Å². The fourth-order valence-corrected chi connectivity index (χ4v) is 1.97. The number of rotatable bonds is 4. The van der Waals surface area contributed by atoms with Gasteiger partial charge in [-0.3, -0.25) is 0 Å². The lowest BCUT2D eigenvalue weighted by Crippen LogP contribution is -2.45. The molecule has 0 aromatic heterocycles. The van der Waals surface area contributed by atoms with Crippen molar-refractivity contribution in [3.63, 3.8) is 0 Å². The van der Waals surface area contributed by atoms with Crippen LogP contribution in [0.25, 0.3) is 0 Å². The molecule has 1 fully saturated rings. The summed E-state index contributed by atoms with van der Waals surface area (Å²) in [5.74, 6) is 0.474. The first-order chi connectivity index (χ1) is 6.77. The maximum Gasteiger partial charge on any atom is 0.315 e. The molecule has 0 aromatic carbocycles. The van der Waals surface area contributed by atoms with E-state index in [1.54, 1.807) is 0 Å². The van der Waals surface area contributed by atoms with E-state index >= 15 is 0 Å². The number of hydrogen-bond acceptors (Lipinski definition) is 2. The van der Waals surface area contributed by atoms with Crippen molar-refractivity contribution < 1.29 is 4.79 Å². The highest BCUT2D eigenvalue weighted by Gasteiger charge is 2.26. The number of urea groups is 1. The summed E-state index contributed by atoms with van der Waals surface area (Å²) in [5, 5.41) is 5.80. The smallest absolute Gasteiger partial charge is 0.315 e. The Morgan fingerprint density at radius 3 is 2.93 bits per heavy atom. The Hall–Kier alpha value is -0.770. The van der Waals surface area contributed by atoms with Gasteiger partial charge in [-0.25, -0.2) is 4.79 Å². The highest BCUT2D eigenvalue weighted by molar-refractivity contribution is 5.74. The average molecular weight is 199 g/mol. The molecule has 0 aromatic rings. The van der Waals surface area contributed by atoms with Gasteiger partial charge in [0.25, 0.3) is 0 Å². The highest BCUT2D eigenvalue weighted by atomic mass is 16.2. The SMILES string of the molecule is CCCNC(=O)NC1CCCC1CN. The number of amides is 2. The van der Waals surface area contributed by atoms with Crippen molar-refractivity contribution in [2.75, 3.05) is 13.1 Å². The number of nitrogens with one attached hydrogen (secondary N) is 2. The highest BCUT2D eigenvalue weighted by Crippen LogP contribution is 2.24. The summed E-state index contributed by atoms with van der Waals surface area (Å²) in [6.45, 7) is 3.46. The zero-order chi connectivity index (χ0) is 10.4. The molecule has 82 valence electrons. The molecule has 0 aliphatic heterocycles. The van der Waals surface area contributed by atoms with Crippen molar-refractivity contribution >= 4 is 6.03 Å². The van der Waals surface area contributed by atoms with Gasteiger partial charge in [0.05, 0.1) is 0 Å². The molecule has 1 aliphatic rings. The van der Waals surface area contributed by atoms with Crippen LogP contribution in [0, 0.1) is 5.92 Å². The minimum absolute atomic E-state index is 0.0443. The molecule has 1 saturated carbocycles. The molecule has 0 bridgehead atoms. The zero-order valence-electron chi connectivity index (χ0n) is 8.88. The van der Waals surface area contributed by atoms with Crippen LogP contribution >= 0.6 is 0 Å². The lowest BCUT2D eigenvalue weighted by molar-refractivity contribution is 0.234. The predicted molar refractivity (Wildman–Crippen MR) is 57.0 cm³/mol. The van der Waals surface area contributed by atoms with Gasteiger partial charge in [0, 0.05) is 12.6 Å². The van der Waals surface area contributed by atoms with Crippen LogP contribution in [0.1, 0.15) is 32.6 Å². The van der Waals surface area contributed by atoms with Gasteiger partial charge in [0.2, 0.25) is 0 Å². The van der Waals surface area contributed by atoms with E-state index in [4.69, 9.17) is 5.73 Å². The van der Waals surface area contributed by atoms with Crippen LogP contribution in [0.2, 0.25) is 0 Å². The van der Waals surface area contributed by atoms with Gasteiger partial charge in [-0.1, -0.05) is 13.3 Å². The third kappa shape index (κ3) is 3.18. The Kier molecular flexibility index (Phi) is 4.73. The maximum atomic E-state index is 11.4. The van der Waals surface area contributed by atoms with Crippen molar-refractivity contribution in [1.82, 2.24) is 10.6 Å². The summed E-state index contributed by atoms with van der Waals surface area (Å²) in [6.07, 6.45) is 4.37. The first-order valence-electron chi connectivity index (χ1n) is 5.52. The lowest BCUT2D eigenvalue weighted by Gasteiger charge is -2.19. The van der Waals surface area contributed by atoms with E-state index < -0.39 is 0 Å². The molecule has 2 atom stereocenters. The van der Waals surface area contributed by atoms with E-state index in [9.17, 15) is 4.79 Å². The Bertz CT molecular complexity index is 184. The van der Waals surface area contributed by atoms with Crippen LogP contribution in [-0.4, -0.2) is 25.2 Å². The molecule has 0 heterocycles. The molecule has 0 saturated heterocycles. The standard InChI is InChI=1S/C10H21N3O/c1-2-6-12-10(14)13-9-5-3-4-8(9)7-11/h8-9H,2-7,11H2,1H3,(H2,12,13,14). The predicted octanol–water partition coefficient (Wildman–Crippen LogP) is 0.823. The van der Waals surface area contributed by atoms with Crippen molar-refractivity contribution in [2.45, 2.75) is 38.6 Å². The van der Waals surface area contributed by atoms with Gasteiger partial charge in [-0.05, 0) is 31.7 Å². The topological polar surface area (TPSA) is 67.2 Å². The zero-order valence-corrected chi connectivity index (χ0v) is 8.88. The number of carbonyl (C=O) groups excluding carboxylic acids is 1. The van der Waals surface area contributed by atoms with Crippen LogP contribution in [0.3, 0.4) is 0 Å². The number of carbonyl (C=O) groups is 1. The normalized spacial score (nSPS) is 26.1. The fourth-order valence-electron chi connectivity index (χ4n) is 1.97. The van der Waals surface area contributed by atoms with Crippen molar-refractivity contribution in [1.29, 1.82) is 0 Å². The third-order valence-corrected chi connectivity index (χ3v) is 2.81. The second kappa shape index (κ2) is 5.86. The van der Waals surface area contributed by atoms with Crippen LogP contribution in [-0.2, 0) is 0 Å². The summed E-state index contributed by atoms with van der Waals surface area (Å²) in [4.78, 5) is 11.4. The summed E-state index contributed by atoms with van der Waals surface area (Å²) in [6, 6.07) is 0.244. The second-order valence-electron chi connectivity index (χ2n) is 3.93. The Morgan fingerprint density at radius 1 is 1.50 bits per heavy atom. The largest absolute Gasteiger partial charge is 0.338 e. The summed E-state index contributed by atoms with van der Waals surface area (Å²) in [5.41, 5.74) is 5.63. The Labute approximate surface area is 85.6 Å². The molecule has 0 spiro atoms. The minimum Gasteiger partial charge on any atom is -0.338 e. The monoisotopic (exact) mass is 199 g/mol. The number of nitrogens with two attached hydrogens (primary N) is 1. The quantitative estimate of drug-likeness (QED) is 0.627. The summed E-state index contributed by atoms with van der Waals surface area (Å²) in [7, 11) is 0. The van der Waals surface area contributed by atoms with Crippen molar-refractivity contribution in [3.8, 4) is 0 Å². The van der Waals surface area contributed by atoms with Crippen LogP contribution in [0.5, 0.6) is 0 Å². The maximum absolute atomic E-state index is 11.4. The van der Waals surface area contributed by atoms with Gasteiger partial charge >= 0.3 is 6.03 Å². The molecule has 2 unspecified atom stereocenters. The molecular formula is C10H21N3O. The van der Waals surface area contributed by atoms with Gasteiger partial charge in [-0.2, -0.15) is 0 Å². The molecule has 2 amide bonds. The second-order valence-corrected chi connectivity index (χ2v) is 3.93. The summed E-state index contributed by atoms with van der Waals surface area (Å²) < 4.78 is 0. The molecule has 1 aliphatic carbocycles. The van der Waals surface area contributed by atoms with Gasteiger partial charge in [-0.15, -0.1) is 0 Å². The van der Waals surface area contributed by atoms with E-state index in [-0.39, 0.29) is 12.1 Å². The van der Waals surface area contributed by atoms with E-state index in [2.05, 4.69) is 10.6 Å². The molecule has 0 radical (unpaired) electrons. The minimum atomic E-state index is -0.0443. The van der Waals surface area contributed by atoms with Crippen molar-refractivity contribution in [2.24, 2.45) is 11.7 Å². The van der Waals surface area contributed by atoms with Gasteiger partial charge in [0.1, 0.15) is 0 Å². The number of hydrogen-bond donors (Lipinski definition) is 3. The van der Waals surface area contributed by atoms with Gasteiger partial charge < -0.3 is 16.4 Å². The van der Waals surface area contributed by atoms with Crippen molar-refractivity contribution in [3.05, 3.63) is 0 Å². The van der Waals surface area contributed by atoms with E-state index in [1.165, 1.54) is 6.42 Å². The van der Waals surface area contributed by atoms with Crippen LogP contribution in [0.15, 0.2) is 0 Å². The van der Waals surface area contributed by atoms with Crippen LogP contribution < -0.4 is 16.4 Å². The fraction of sp³-hybridized carbons (Fsp3) is 0.900. The Morgan fingerprint density at radius 2 is 2.29 bits per heavy atom. The first-order valence-corrected chi connectivity index (χ1v) is 5.52. The Balaban J connectivity index is 2.25. The molecular weight excluding hydrogens is 178 g/mol. The molecule has 4 N–H and O–H groups in total. The van der Waals surface area contributed by atoms with Gasteiger partial charge in [0.15, 0.2) is 0 Å². The molecule has 1 rings (SSSR count). The first kappa shape index (κ1) is 11.3. The van der Waals surface area contributed by atoms with E-state index in [1.807, 2.05) is 6.92 Å². The molecule has 4 nitrogen and oxygen atoms in total. The molecule has 14 heavy (non-hydrogen) atoms. The van der Waals surface area contributed by atoms with E-state index in [0.717, 1.165) is 25.8 Å².